The van der Waals surface area contributed by atoms with E-state index in [-0.39, 0.29) is 0 Å². The van der Waals surface area contributed by atoms with Gasteiger partial charge in [0.15, 0.2) is 0 Å². The second-order valence-electron chi connectivity index (χ2n) is 2.58. The minimum atomic E-state index is -1.18. The molecule has 4 heteroatoms. The molecule has 1 atom stereocenters. The zero-order valence-corrected chi connectivity index (χ0v) is 9.37. The summed E-state index contributed by atoms with van der Waals surface area (Å²) in [6.07, 6.45) is 0. The molecule has 0 aliphatic rings. The monoisotopic (exact) mass is 214 g/mol. The first-order valence-electron chi connectivity index (χ1n) is 4.50. The highest BCUT2D eigenvalue weighted by Crippen LogP contribution is 2.39. The maximum absolute atomic E-state index is 5.44. The Morgan fingerprint density at radius 3 is 2.43 bits per heavy atom. The number of hydrogen-bond acceptors (Lipinski definition) is 3. The molecule has 0 radical (unpaired) electrons. The van der Waals surface area contributed by atoms with Gasteiger partial charge in [-0.1, -0.05) is 30.3 Å². The fourth-order valence-corrected chi connectivity index (χ4v) is 1.70. The highest BCUT2D eigenvalue weighted by atomic mass is 31.2. The summed E-state index contributed by atoms with van der Waals surface area (Å²) in [5, 5.41) is 0. The van der Waals surface area contributed by atoms with Crippen molar-refractivity contribution in [2.24, 2.45) is 0 Å². The average Bonchev–Trinajstić information content (AvgIpc) is 2.25. The fraction of sp³-hybridized carbons (Fsp3) is 0.400. The normalized spacial score (nSPS) is 12.7. The van der Waals surface area contributed by atoms with Gasteiger partial charge in [0.05, 0.1) is 13.2 Å². The molecular formula is C10H15O3P. The van der Waals surface area contributed by atoms with Gasteiger partial charge in [-0.15, -0.1) is 0 Å². The van der Waals surface area contributed by atoms with Gasteiger partial charge in [-0.25, -0.2) is 0 Å². The number of benzene rings is 1. The average molecular weight is 214 g/mol. The van der Waals surface area contributed by atoms with Crippen LogP contribution in [0.4, 0.5) is 0 Å². The molecule has 0 aliphatic carbocycles. The lowest BCUT2D eigenvalue weighted by molar-refractivity contribution is 0.180. The van der Waals surface area contributed by atoms with Gasteiger partial charge < -0.3 is 13.6 Å². The molecule has 0 amide bonds. The molecule has 1 aromatic rings. The maximum atomic E-state index is 5.44. The van der Waals surface area contributed by atoms with E-state index >= 15 is 0 Å². The summed E-state index contributed by atoms with van der Waals surface area (Å²) in [6.45, 7) is 3.05. The van der Waals surface area contributed by atoms with Gasteiger partial charge in [0.25, 0.3) is 0 Å². The van der Waals surface area contributed by atoms with Crippen LogP contribution in [0.5, 0.6) is 0 Å². The van der Waals surface area contributed by atoms with Crippen molar-refractivity contribution in [3.63, 3.8) is 0 Å². The van der Waals surface area contributed by atoms with Crippen LogP contribution in [0.3, 0.4) is 0 Å². The van der Waals surface area contributed by atoms with Gasteiger partial charge in [0, 0.05) is 7.11 Å². The van der Waals surface area contributed by atoms with Crippen molar-refractivity contribution in [3.05, 3.63) is 35.9 Å². The van der Waals surface area contributed by atoms with Crippen LogP contribution >= 0.6 is 8.60 Å². The van der Waals surface area contributed by atoms with Crippen molar-refractivity contribution in [1.82, 2.24) is 0 Å². The lowest BCUT2D eigenvalue weighted by Gasteiger charge is -2.12. The van der Waals surface area contributed by atoms with Gasteiger partial charge >= 0.3 is 8.60 Å². The Morgan fingerprint density at radius 1 is 1.14 bits per heavy atom. The smallest absolute Gasteiger partial charge is 0.316 e. The van der Waals surface area contributed by atoms with E-state index in [1.54, 1.807) is 7.11 Å². The Balaban J connectivity index is 2.32. The fourth-order valence-electron chi connectivity index (χ4n) is 0.950. The first-order chi connectivity index (χ1) is 6.86. The van der Waals surface area contributed by atoms with Crippen LogP contribution in [0.25, 0.3) is 0 Å². The van der Waals surface area contributed by atoms with Crippen LogP contribution in [0.15, 0.2) is 30.3 Å². The summed E-state index contributed by atoms with van der Waals surface area (Å²) >= 11 is 0. The Bertz CT molecular complexity index is 240. The van der Waals surface area contributed by atoms with Gasteiger partial charge in [-0.2, -0.15) is 0 Å². The first-order valence-corrected chi connectivity index (χ1v) is 5.60. The molecule has 1 unspecified atom stereocenters. The molecule has 0 saturated heterocycles. The third-order valence-electron chi connectivity index (χ3n) is 1.56. The molecule has 0 fully saturated rings. The van der Waals surface area contributed by atoms with Crippen molar-refractivity contribution in [1.29, 1.82) is 0 Å². The summed E-state index contributed by atoms with van der Waals surface area (Å²) in [6, 6.07) is 9.96. The Labute approximate surface area is 86.0 Å². The van der Waals surface area contributed by atoms with E-state index in [0.29, 0.717) is 13.2 Å². The minimum absolute atomic E-state index is 0.528. The lowest BCUT2D eigenvalue weighted by atomic mass is 10.2. The Morgan fingerprint density at radius 2 is 1.86 bits per heavy atom. The van der Waals surface area contributed by atoms with Crippen LogP contribution in [-0.2, 0) is 20.2 Å². The summed E-state index contributed by atoms with van der Waals surface area (Å²) in [7, 11) is 0.407. The number of rotatable bonds is 6. The van der Waals surface area contributed by atoms with E-state index < -0.39 is 8.60 Å². The number of hydrogen-bond donors (Lipinski definition) is 0. The highest BCUT2D eigenvalue weighted by molar-refractivity contribution is 7.41. The zero-order chi connectivity index (χ0) is 10.2. The van der Waals surface area contributed by atoms with E-state index in [9.17, 15) is 0 Å². The van der Waals surface area contributed by atoms with Crippen LogP contribution in [0, 0.1) is 0 Å². The molecule has 0 bridgehead atoms. The highest BCUT2D eigenvalue weighted by Gasteiger charge is 2.08. The molecule has 1 aromatic carbocycles. The molecule has 0 aliphatic heterocycles. The molecular weight excluding hydrogens is 199 g/mol. The van der Waals surface area contributed by atoms with Gasteiger partial charge in [-0.3, -0.25) is 0 Å². The van der Waals surface area contributed by atoms with E-state index in [1.165, 1.54) is 0 Å². The Hall–Kier alpha value is -0.470. The SMILES string of the molecule is CCOP(OC)OCc1ccccc1. The van der Waals surface area contributed by atoms with E-state index in [4.69, 9.17) is 13.6 Å². The largest absolute Gasteiger partial charge is 0.332 e. The van der Waals surface area contributed by atoms with E-state index in [2.05, 4.69) is 0 Å². The van der Waals surface area contributed by atoms with E-state index in [0.717, 1.165) is 5.56 Å². The van der Waals surface area contributed by atoms with Crippen molar-refractivity contribution in [2.75, 3.05) is 13.7 Å². The van der Waals surface area contributed by atoms with Crippen LogP contribution in [-0.4, -0.2) is 13.7 Å². The van der Waals surface area contributed by atoms with Crippen LogP contribution < -0.4 is 0 Å². The van der Waals surface area contributed by atoms with Crippen molar-refractivity contribution >= 4 is 8.60 Å². The second-order valence-corrected chi connectivity index (χ2v) is 3.91. The summed E-state index contributed by atoms with van der Waals surface area (Å²) in [5.41, 5.74) is 1.12. The molecule has 1 rings (SSSR count). The molecule has 0 N–H and O–H groups in total. The summed E-state index contributed by atoms with van der Waals surface area (Å²) in [4.78, 5) is 0. The second kappa shape index (κ2) is 6.91. The topological polar surface area (TPSA) is 27.7 Å². The van der Waals surface area contributed by atoms with Crippen molar-refractivity contribution in [3.8, 4) is 0 Å². The standard InChI is InChI=1S/C10H15O3P/c1-3-12-14(11-2)13-9-10-7-5-4-6-8-10/h4-8H,3,9H2,1-2H3. The third-order valence-corrected chi connectivity index (χ3v) is 2.67. The molecule has 0 spiro atoms. The zero-order valence-electron chi connectivity index (χ0n) is 8.47. The predicted molar refractivity (Wildman–Crippen MR) is 56.8 cm³/mol. The maximum Gasteiger partial charge on any atom is 0.332 e. The Kier molecular flexibility index (Phi) is 5.72. The molecule has 0 aromatic heterocycles. The predicted octanol–water partition coefficient (Wildman–Crippen LogP) is 3.11. The quantitative estimate of drug-likeness (QED) is 0.681. The molecule has 3 nitrogen and oxygen atoms in total. The summed E-state index contributed by atoms with van der Waals surface area (Å²) in [5.74, 6) is 0. The van der Waals surface area contributed by atoms with Crippen LogP contribution in [0.1, 0.15) is 12.5 Å². The minimum Gasteiger partial charge on any atom is -0.316 e. The molecule has 14 heavy (non-hydrogen) atoms. The molecule has 0 saturated carbocycles. The lowest BCUT2D eigenvalue weighted by Crippen LogP contribution is -1.93. The molecule has 78 valence electrons. The first kappa shape index (κ1) is 11.6. The van der Waals surface area contributed by atoms with Gasteiger partial charge in [-0.05, 0) is 12.5 Å². The molecule has 0 heterocycles. The van der Waals surface area contributed by atoms with Gasteiger partial charge in [0.1, 0.15) is 0 Å². The van der Waals surface area contributed by atoms with Gasteiger partial charge in [0.2, 0.25) is 0 Å². The van der Waals surface area contributed by atoms with Crippen molar-refractivity contribution in [2.45, 2.75) is 13.5 Å². The van der Waals surface area contributed by atoms with Crippen molar-refractivity contribution < 1.29 is 13.6 Å². The summed E-state index contributed by atoms with van der Waals surface area (Å²) < 4.78 is 15.7. The van der Waals surface area contributed by atoms with E-state index in [1.807, 2.05) is 37.3 Å². The van der Waals surface area contributed by atoms with Crippen LogP contribution in [0.2, 0.25) is 0 Å². The third kappa shape index (κ3) is 4.16.